The van der Waals surface area contributed by atoms with E-state index in [1.165, 1.54) is 6.07 Å². The summed E-state index contributed by atoms with van der Waals surface area (Å²) in [5, 5.41) is 6.70. The highest BCUT2D eigenvalue weighted by Gasteiger charge is 2.13. The summed E-state index contributed by atoms with van der Waals surface area (Å²) in [7, 11) is 0. The molecule has 0 saturated carbocycles. The number of anilines is 1. The van der Waals surface area contributed by atoms with Gasteiger partial charge >= 0.3 is 0 Å². The maximum atomic E-state index is 13.8. The summed E-state index contributed by atoms with van der Waals surface area (Å²) in [6, 6.07) is 4.92. The minimum absolute atomic E-state index is 0.273. The molecule has 0 aliphatic rings. The molecule has 2 aromatic heterocycles. The first-order chi connectivity index (χ1) is 9.04. The molecule has 3 N–H and O–H groups in total. The largest absolute Gasteiger partial charge is 0.384 e. The topological polar surface area (TPSA) is 80.5 Å². The van der Waals surface area contributed by atoms with Crippen LogP contribution >= 0.6 is 0 Å². The summed E-state index contributed by atoms with van der Waals surface area (Å²) in [6.45, 7) is 3.59. The van der Waals surface area contributed by atoms with E-state index in [-0.39, 0.29) is 11.3 Å². The third kappa shape index (κ3) is 1.91. The number of aromatic amines is 1. The van der Waals surface area contributed by atoms with Crippen molar-refractivity contribution in [2.75, 3.05) is 5.73 Å². The minimum Gasteiger partial charge on any atom is -0.384 e. The number of aromatic nitrogens is 4. The Bertz CT molecular complexity index is 778. The van der Waals surface area contributed by atoms with Crippen molar-refractivity contribution in [3.8, 4) is 11.4 Å². The summed E-state index contributed by atoms with van der Waals surface area (Å²) < 4.78 is 13.8. The zero-order valence-electron chi connectivity index (χ0n) is 10.5. The molecule has 5 nitrogen and oxygen atoms in total. The number of hydrogen-bond acceptors (Lipinski definition) is 4. The molecule has 0 saturated heterocycles. The van der Waals surface area contributed by atoms with Gasteiger partial charge in [-0.1, -0.05) is 0 Å². The van der Waals surface area contributed by atoms with E-state index in [0.717, 1.165) is 5.56 Å². The smallest absolute Gasteiger partial charge is 0.151 e. The molecule has 0 bridgehead atoms. The number of halogens is 1. The average Bonchev–Trinajstić information content (AvgIpc) is 2.76. The van der Waals surface area contributed by atoms with Crippen molar-refractivity contribution in [1.82, 2.24) is 20.2 Å². The molecule has 3 aromatic rings. The summed E-state index contributed by atoms with van der Waals surface area (Å²) >= 11 is 0. The Kier molecular flexibility index (Phi) is 2.45. The molecule has 0 aliphatic carbocycles. The first-order valence-electron chi connectivity index (χ1n) is 5.80. The molecule has 2 heterocycles. The van der Waals surface area contributed by atoms with Crippen molar-refractivity contribution in [3.63, 3.8) is 0 Å². The molecule has 19 heavy (non-hydrogen) atoms. The van der Waals surface area contributed by atoms with Crippen LogP contribution in [-0.2, 0) is 0 Å². The minimum atomic E-state index is -0.362. The lowest BCUT2D eigenvalue weighted by atomic mass is 10.1. The lowest BCUT2D eigenvalue weighted by Crippen LogP contribution is -1.97. The van der Waals surface area contributed by atoms with E-state index >= 15 is 0 Å². The van der Waals surface area contributed by atoms with Crippen molar-refractivity contribution >= 4 is 16.9 Å². The maximum absolute atomic E-state index is 13.8. The van der Waals surface area contributed by atoms with E-state index < -0.39 is 0 Å². The number of H-pyrrole nitrogens is 1. The first kappa shape index (κ1) is 11.6. The van der Waals surface area contributed by atoms with E-state index in [0.29, 0.717) is 28.4 Å². The van der Waals surface area contributed by atoms with Crippen molar-refractivity contribution < 1.29 is 4.39 Å². The van der Waals surface area contributed by atoms with Gasteiger partial charge in [-0.05, 0) is 31.5 Å². The third-order valence-electron chi connectivity index (χ3n) is 2.88. The average molecular weight is 257 g/mol. The fourth-order valence-corrected chi connectivity index (χ4v) is 2.03. The number of nitrogen functional groups attached to an aromatic ring is 1. The number of benzene rings is 1. The monoisotopic (exact) mass is 257 g/mol. The van der Waals surface area contributed by atoms with E-state index in [2.05, 4.69) is 20.2 Å². The van der Waals surface area contributed by atoms with Crippen LogP contribution in [0.25, 0.3) is 22.4 Å². The second kappa shape index (κ2) is 4.01. The molecule has 0 unspecified atom stereocenters. The summed E-state index contributed by atoms with van der Waals surface area (Å²) in [5.41, 5.74) is 9.01. The third-order valence-corrected chi connectivity index (χ3v) is 2.88. The van der Waals surface area contributed by atoms with Crippen LogP contribution in [0.3, 0.4) is 0 Å². The first-order valence-corrected chi connectivity index (χ1v) is 5.80. The molecule has 0 atom stereocenters. The van der Waals surface area contributed by atoms with Gasteiger partial charge < -0.3 is 5.73 Å². The van der Waals surface area contributed by atoms with E-state index in [4.69, 9.17) is 5.73 Å². The van der Waals surface area contributed by atoms with E-state index in [9.17, 15) is 4.39 Å². The summed E-state index contributed by atoms with van der Waals surface area (Å²) in [5.74, 6) is 0.0883. The molecule has 1 aromatic carbocycles. The molecule has 6 heteroatoms. The van der Waals surface area contributed by atoms with Gasteiger partial charge in [0, 0.05) is 6.07 Å². The highest BCUT2D eigenvalue weighted by atomic mass is 19.1. The van der Waals surface area contributed by atoms with Crippen LogP contribution < -0.4 is 5.73 Å². The Labute approximate surface area is 108 Å². The van der Waals surface area contributed by atoms with Gasteiger partial charge in [0.2, 0.25) is 0 Å². The van der Waals surface area contributed by atoms with E-state index in [1.54, 1.807) is 19.1 Å². The van der Waals surface area contributed by atoms with Gasteiger partial charge in [-0.3, -0.25) is 5.10 Å². The lowest BCUT2D eigenvalue weighted by Gasteiger charge is -2.05. The second-order valence-electron chi connectivity index (χ2n) is 4.48. The van der Waals surface area contributed by atoms with Gasteiger partial charge in [0.15, 0.2) is 5.82 Å². The van der Waals surface area contributed by atoms with Gasteiger partial charge in [-0.2, -0.15) is 5.10 Å². The summed E-state index contributed by atoms with van der Waals surface area (Å²) in [4.78, 5) is 8.71. The number of aryl methyl sites for hydroxylation is 2. The van der Waals surface area contributed by atoms with Crippen molar-refractivity contribution in [1.29, 1.82) is 0 Å². The van der Waals surface area contributed by atoms with Crippen LogP contribution in [0, 0.1) is 19.7 Å². The van der Waals surface area contributed by atoms with Crippen molar-refractivity contribution in [3.05, 3.63) is 35.3 Å². The van der Waals surface area contributed by atoms with Crippen LogP contribution in [0.1, 0.15) is 11.3 Å². The Morgan fingerprint density at radius 3 is 2.63 bits per heavy atom. The maximum Gasteiger partial charge on any atom is 0.151 e. The Morgan fingerprint density at radius 1 is 1.16 bits per heavy atom. The highest BCUT2D eigenvalue weighted by Crippen LogP contribution is 2.24. The molecule has 0 amide bonds. The van der Waals surface area contributed by atoms with Crippen LogP contribution in [0.4, 0.5) is 10.2 Å². The number of fused-ring (bicyclic) bond motifs is 1. The van der Waals surface area contributed by atoms with Crippen LogP contribution in [0.5, 0.6) is 0 Å². The molecule has 96 valence electrons. The predicted octanol–water partition coefficient (Wildman–Crippen LogP) is 2.36. The normalized spacial score (nSPS) is 11.1. The summed E-state index contributed by atoms with van der Waals surface area (Å²) in [6.07, 6.45) is 0. The molecular formula is C13H12FN5. The molecule has 0 aliphatic heterocycles. The molecule has 0 spiro atoms. The number of rotatable bonds is 1. The quantitative estimate of drug-likeness (QED) is 0.701. The van der Waals surface area contributed by atoms with Gasteiger partial charge in [-0.25, -0.2) is 14.4 Å². The predicted molar refractivity (Wildman–Crippen MR) is 71.0 cm³/mol. The van der Waals surface area contributed by atoms with Crippen molar-refractivity contribution in [2.45, 2.75) is 13.8 Å². The number of hydrogen-bond donors (Lipinski definition) is 2. The van der Waals surface area contributed by atoms with Crippen LogP contribution in [-0.4, -0.2) is 20.2 Å². The van der Waals surface area contributed by atoms with Gasteiger partial charge in [0.25, 0.3) is 0 Å². The standard InChI is InChI=1S/C13H12FN5/c1-6-3-8(14)13-9(4-6)17-12(7(2)16-13)10-5-11(15)19-18-10/h3-5H,1-2H3,(H3,15,18,19). The van der Waals surface area contributed by atoms with Gasteiger partial charge in [0.1, 0.15) is 22.7 Å². The second-order valence-corrected chi connectivity index (χ2v) is 4.48. The van der Waals surface area contributed by atoms with Crippen LogP contribution in [0.15, 0.2) is 18.2 Å². The molecule has 0 fully saturated rings. The number of nitrogens with zero attached hydrogens (tertiary/aromatic N) is 3. The zero-order chi connectivity index (χ0) is 13.6. The molecule has 0 radical (unpaired) electrons. The number of nitrogens with two attached hydrogens (primary N) is 1. The Balaban J connectivity index is 2.30. The fraction of sp³-hybridized carbons (Fsp3) is 0.154. The van der Waals surface area contributed by atoms with Gasteiger partial charge in [-0.15, -0.1) is 0 Å². The SMILES string of the molecule is Cc1cc(F)c2nc(C)c(-c3cc(N)[nH]n3)nc2c1. The number of nitrogens with one attached hydrogen (secondary N) is 1. The fourth-order valence-electron chi connectivity index (χ4n) is 2.03. The lowest BCUT2D eigenvalue weighted by molar-refractivity contribution is 0.635. The zero-order valence-corrected chi connectivity index (χ0v) is 10.5. The van der Waals surface area contributed by atoms with Crippen LogP contribution in [0.2, 0.25) is 0 Å². The molecule has 3 rings (SSSR count). The van der Waals surface area contributed by atoms with Crippen molar-refractivity contribution in [2.24, 2.45) is 0 Å². The molecular weight excluding hydrogens is 245 g/mol. The highest BCUT2D eigenvalue weighted by molar-refractivity contribution is 5.79. The van der Waals surface area contributed by atoms with Gasteiger partial charge in [0.05, 0.1) is 11.2 Å². The Morgan fingerprint density at radius 2 is 1.95 bits per heavy atom. The Hall–Kier alpha value is -2.50. The van der Waals surface area contributed by atoms with E-state index in [1.807, 2.05) is 6.92 Å².